The molecule has 100 valence electrons. The molecule has 0 aliphatic rings. The number of carbonyl (C=O) groups excluding carboxylic acids is 1. The number of rotatable bonds is 6. The van der Waals surface area contributed by atoms with Crippen molar-refractivity contribution in [3.63, 3.8) is 0 Å². The molecular weight excluding hydrogens is 258 g/mol. The minimum Gasteiger partial charge on any atom is -0.479 e. The molecule has 0 aromatic heterocycles. The molecule has 1 atom stereocenters. The molecule has 0 radical (unpaired) electrons. The highest BCUT2D eigenvalue weighted by Crippen LogP contribution is 2.24. The Hall–Kier alpha value is -1.30. The molecule has 5 nitrogen and oxygen atoms in total. The number of carbonyl (C=O) groups is 1. The zero-order valence-corrected chi connectivity index (χ0v) is 10.7. The Labute approximate surface area is 110 Å². The molecule has 0 bridgehead atoms. The van der Waals surface area contributed by atoms with Crippen LogP contribution in [-0.2, 0) is 4.79 Å². The maximum atomic E-state index is 11.7. The smallest absolute Gasteiger partial charge is 0.261 e. The highest BCUT2D eigenvalue weighted by Gasteiger charge is 2.18. The molecule has 0 heterocycles. The van der Waals surface area contributed by atoms with Crippen LogP contribution in [0.3, 0.4) is 0 Å². The number of hydrogen-bond donors (Lipinski definition) is 3. The van der Waals surface area contributed by atoms with Gasteiger partial charge in [0.05, 0.1) is 24.3 Å². The van der Waals surface area contributed by atoms with Crippen LogP contribution in [-0.4, -0.2) is 41.5 Å². The average Bonchev–Trinajstić information content (AvgIpc) is 2.38. The van der Waals surface area contributed by atoms with Gasteiger partial charge in [-0.2, -0.15) is 0 Å². The van der Waals surface area contributed by atoms with E-state index in [0.29, 0.717) is 10.8 Å². The summed E-state index contributed by atoms with van der Waals surface area (Å²) in [4.78, 5) is 11.7. The number of amides is 1. The largest absolute Gasteiger partial charge is 0.479 e. The molecule has 0 spiro atoms. The number of nitrogens with one attached hydrogen (secondary N) is 1. The topological polar surface area (TPSA) is 78.8 Å². The lowest BCUT2D eigenvalue weighted by atomic mass is 10.3. The predicted molar refractivity (Wildman–Crippen MR) is 67.6 cm³/mol. The van der Waals surface area contributed by atoms with Crippen LogP contribution in [0, 0.1) is 0 Å². The quantitative estimate of drug-likeness (QED) is 0.708. The lowest BCUT2D eigenvalue weighted by molar-refractivity contribution is -0.128. The summed E-state index contributed by atoms with van der Waals surface area (Å²) < 4.78 is 5.39. The first-order chi connectivity index (χ1) is 8.58. The van der Waals surface area contributed by atoms with E-state index in [4.69, 9.17) is 26.6 Å². The van der Waals surface area contributed by atoms with Gasteiger partial charge in [-0.1, -0.05) is 23.7 Å². The van der Waals surface area contributed by atoms with Crippen molar-refractivity contribution < 1.29 is 19.7 Å². The first-order valence-electron chi connectivity index (χ1n) is 5.51. The van der Waals surface area contributed by atoms with Crippen LogP contribution in [0.5, 0.6) is 5.75 Å². The van der Waals surface area contributed by atoms with Crippen LogP contribution in [0.1, 0.15) is 6.92 Å². The van der Waals surface area contributed by atoms with Gasteiger partial charge in [-0.25, -0.2) is 0 Å². The van der Waals surface area contributed by atoms with Gasteiger partial charge in [-0.05, 0) is 19.1 Å². The molecule has 0 saturated carbocycles. The maximum absolute atomic E-state index is 11.7. The number of benzene rings is 1. The van der Waals surface area contributed by atoms with E-state index in [9.17, 15) is 4.79 Å². The second-order valence-electron chi connectivity index (χ2n) is 3.76. The van der Waals surface area contributed by atoms with Crippen molar-refractivity contribution in [1.82, 2.24) is 5.32 Å². The fraction of sp³-hybridized carbons (Fsp3) is 0.417. The summed E-state index contributed by atoms with van der Waals surface area (Å²) in [5, 5.41) is 20.6. The number of aliphatic hydroxyl groups excluding tert-OH is 2. The van der Waals surface area contributed by atoms with E-state index in [-0.39, 0.29) is 13.2 Å². The van der Waals surface area contributed by atoms with E-state index in [0.717, 1.165) is 0 Å². The SMILES string of the molecule is CC(Oc1ccccc1Cl)C(=O)NC(CO)CO. The van der Waals surface area contributed by atoms with Gasteiger partial charge in [0.2, 0.25) is 0 Å². The van der Waals surface area contributed by atoms with Gasteiger partial charge in [-0.15, -0.1) is 0 Å². The second kappa shape index (κ2) is 7.20. The summed E-state index contributed by atoms with van der Waals surface area (Å²) >= 11 is 5.90. The zero-order valence-electron chi connectivity index (χ0n) is 9.97. The summed E-state index contributed by atoms with van der Waals surface area (Å²) in [6, 6.07) is 6.13. The first kappa shape index (κ1) is 14.8. The lowest BCUT2D eigenvalue weighted by Gasteiger charge is -2.19. The van der Waals surface area contributed by atoms with Crippen LogP contribution in [0.25, 0.3) is 0 Å². The van der Waals surface area contributed by atoms with Crippen LogP contribution in [0.2, 0.25) is 5.02 Å². The summed E-state index contributed by atoms with van der Waals surface area (Å²) in [5.74, 6) is -0.0191. The van der Waals surface area contributed by atoms with Crippen molar-refractivity contribution in [1.29, 1.82) is 0 Å². The van der Waals surface area contributed by atoms with Crippen molar-refractivity contribution in [2.24, 2.45) is 0 Å². The van der Waals surface area contributed by atoms with Crippen molar-refractivity contribution in [2.45, 2.75) is 19.1 Å². The molecule has 0 aliphatic heterocycles. The third-order valence-electron chi connectivity index (χ3n) is 2.30. The molecule has 1 rings (SSSR count). The van der Waals surface area contributed by atoms with Crippen LogP contribution in [0.4, 0.5) is 0 Å². The number of halogens is 1. The predicted octanol–water partition coefficient (Wildman–Crippen LogP) is 0.577. The lowest BCUT2D eigenvalue weighted by Crippen LogP contribution is -2.45. The van der Waals surface area contributed by atoms with Gasteiger partial charge in [-0.3, -0.25) is 4.79 Å². The van der Waals surface area contributed by atoms with E-state index in [1.54, 1.807) is 31.2 Å². The third-order valence-corrected chi connectivity index (χ3v) is 2.61. The molecule has 0 saturated heterocycles. The third kappa shape index (κ3) is 4.18. The standard InChI is InChI=1S/C12H16ClNO4/c1-8(12(17)14-9(6-15)7-16)18-11-5-3-2-4-10(11)13/h2-5,8-9,15-16H,6-7H2,1H3,(H,14,17). The molecule has 1 aromatic rings. The van der Waals surface area contributed by atoms with Crippen LogP contribution >= 0.6 is 11.6 Å². The normalized spacial score (nSPS) is 12.3. The Morgan fingerprint density at radius 1 is 1.39 bits per heavy atom. The van der Waals surface area contributed by atoms with Crippen molar-refractivity contribution >= 4 is 17.5 Å². The van der Waals surface area contributed by atoms with Gasteiger partial charge in [0.25, 0.3) is 5.91 Å². The highest BCUT2D eigenvalue weighted by atomic mass is 35.5. The number of para-hydroxylation sites is 1. The Balaban J connectivity index is 2.57. The van der Waals surface area contributed by atoms with Gasteiger partial charge >= 0.3 is 0 Å². The number of hydrogen-bond acceptors (Lipinski definition) is 4. The maximum Gasteiger partial charge on any atom is 0.261 e. The second-order valence-corrected chi connectivity index (χ2v) is 4.17. The fourth-order valence-electron chi connectivity index (χ4n) is 1.25. The summed E-state index contributed by atoms with van der Waals surface area (Å²) in [5.41, 5.74) is 0. The Morgan fingerprint density at radius 2 is 2.00 bits per heavy atom. The Morgan fingerprint density at radius 3 is 2.56 bits per heavy atom. The van der Waals surface area contributed by atoms with Gasteiger partial charge in [0.15, 0.2) is 6.10 Å². The van der Waals surface area contributed by atoms with E-state index < -0.39 is 18.1 Å². The highest BCUT2D eigenvalue weighted by molar-refractivity contribution is 6.32. The van der Waals surface area contributed by atoms with Gasteiger partial charge in [0, 0.05) is 0 Å². The van der Waals surface area contributed by atoms with E-state index in [2.05, 4.69) is 5.32 Å². The van der Waals surface area contributed by atoms with Crippen LogP contribution < -0.4 is 10.1 Å². The molecule has 1 unspecified atom stereocenters. The van der Waals surface area contributed by atoms with Crippen molar-refractivity contribution in [3.05, 3.63) is 29.3 Å². The Bertz CT molecular complexity index is 395. The summed E-state index contributed by atoms with van der Waals surface area (Å²) in [6.07, 6.45) is -0.773. The molecular formula is C12H16ClNO4. The molecule has 18 heavy (non-hydrogen) atoms. The summed E-state index contributed by atoms with van der Waals surface area (Å²) in [7, 11) is 0. The number of ether oxygens (including phenoxy) is 1. The number of aliphatic hydroxyl groups is 2. The first-order valence-corrected chi connectivity index (χ1v) is 5.89. The molecule has 3 N–H and O–H groups in total. The zero-order chi connectivity index (χ0) is 13.5. The van der Waals surface area contributed by atoms with Gasteiger partial charge < -0.3 is 20.3 Å². The minimum atomic E-state index is -0.773. The Kier molecular flexibility index (Phi) is 5.91. The molecule has 0 fully saturated rings. The van der Waals surface area contributed by atoms with Crippen molar-refractivity contribution in [3.8, 4) is 5.75 Å². The monoisotopic (exact) mass is 273 g/mol. The fourth-order valence-corrected chi connectivity index (χ4v) is 1.43. The molecule has 1 amide bonds. The van der Waals surface area contributed by atoms with Crippen LogP contribution in [0.15, 0.2) is 24.3 Å². The van der Waals surface area contributed by atoms with Gasteiger partial charge in [0.1, 0.15) is 5.75 Å². The summed E-state index contributed by atoms with van der Waals surface area (Å²) in [6.45, 7) is 0.895. The van der Waals surface area contributed by atoms with E-state index >= 15 is 0 Å². The molecule has 1 aromatic carbocycles. The van der Waals surface area contributed by atoms with Crippen molar-refractivity contribution in [2.75, 3.05) is 13.2 Å². The molecule has 6 heteroatoms. The molecule has 0 aliphatic carbocycles. The minimum absolute atomic E-state index is 0.332. The average molecular weight is 274 g/mol. The van der Waals surface area contributed by atoms with E-state index in [1.807, 2.05) is 0 Å². The van der Waals surface area contributed by atoms with E-state index in [1.165, 1.54) is 0 Å².